The summed E-state index contributed by atoms with van der Waals surface area (Å²) in [6, 6.07) is 3.74. The van der Waals surface area contributed by atoms with Gasteiger partial charge in [0.25, 0.3) is 0 Å². The number of rotatable bonds is 4. The SMILES string of the molecule is C=C(NCCO)c1ccc[nH]c1=S. The molecule has 13 heavy (non-hydrogen) atoms. The van der Waals surface area contributed by atoms with Crippen LogP contribution in [0.2, 0.25) is 0 Å². The van der Waals surface area contributed by atoms with Crippen LogP contribution >= 0.6 is 12.2 Å². The highest BCUT2D eigenvalue weighted by Crippen LogP contribution is 2.08. The van der Waals surface area contributed by atoms with Crippen molar-refractivity contribution in [2.75, 3.05) is 13.2 Å². The van der Waals surface area contributed by atoms with Crippen LogP contribution in [0.3, 0.4) is 0 Å². The highest BCUT2D eigenvalue weighted by atomic mass is 32.1. The number of hydrogen-bond donors (Lipinski definition) is 3. The monoisotopic (exact) mass is 196 g/mol. The summed E-state index contributed by atoms with van der Waals surface area (Å²) in [7, 11) is 0. The molecule has 0 aromatic carbocycles. The molecule has 0 bridgehead atoms. The number of hydrogen-bond acceptors (Lipinski definition) is 3. The number of nitrogens with one attached hydrogen (secondary N) is 2. The van der Waals surface area contributed by atoms with Gasteiger partial charge in [0, 0.05) is 24.0 Å². The highest BCUT2D eigenvalue weighted by Gasteiger charge is 1.98. The summed E-state index contributed by atoms with van der Waals surface area (Å²) in [5.41, 5.74) is 1.60. The maximum Gasteiger partial charge on any atom is 0.112 e. The minimum absolute atomic E-state index is 0.0856. The zero-order valence-corrected chi connectivity index (χ0v) is 8.03. The summed E-state index contributed by atoms with van der Waals surface area (Å²) in [5, 5.41) is 11.6. The topological polar surface area (TPSA) is 48.0 Å². The van der Waals surface area contributed by atoms with Gasteiger partial charge < -0.3 is 15.4 Å². The molecule has 0 atom stereocenters. The lowest BCUT2D eigenvalue weighted by atomic mass is 10.2. The smallest absolute Gasteiger partial charge is 0.112 e. The quantitative estimate of drug-likeness (QED) is 0.636. The van der Waals surface area contributed by atoms with E-state index in [0.29, 0.717) is 11.2 Å². The summed E-state index contributed by atoms with van der Waals surface area (Å²) < 4.78 is 0.651. The van der Waals surface area contributed by atoms with E-state index in [1.54, 1.807) is 6.20 Å². The lowest BCUT2D eigenvalue weighted by molar-refractivity contribution is 0.299. The van der Waals surface area contributed by atoms with E-state index in [1.807, 2.05) is 12.1 Å². The first kappa shape index (κ1) is 9.95. The Morgan fingerprint density at radius 2 is 2.46 bits per heavy atom. The molecule has 0 fully saturated rings. The molecular weight excluding hydrogens is 184 g/mol. The molecule has 70 valence electrons. The second-order valence-electron chi connectivity index (χ2n) is 2.54. The Bertz CT molecular complexity index is 345. The van der Waals surface area contributed by atoms with Crippen molar-refractivity contribution in [3.63, 3.8) is 0 Å². The molecule has 1 rings (SSSR count). The fraction of sp³-hybridized carbons (Fsp3) is 0.222. The van der Waals surface area contributed by atoms with Gasteiger partial charge in [-0.1, -0.05) is 18.8 Å². The van der Waals surface area contributed by atoms with Crippen LogP contribution in [0.5, 0.6) is 0 Å². The Morgan fingerprint density at radius 1 is 1.69 bits per heavy atom. The van der Waals surface area contributed by atoms with Gasteiger partial charge in [-0.15, -0.1) is 0 Å². The third-order valence-electron chi connectivity index (χ3n) is 1.59. The highest BCUT2D eigenvalue weighted by molar-refractivity contribution is 7.71. The van der Waals surface area contributed by atoms with Crippen molar-refractivity contribution in [2.45, 2.75) is 0 Å². The molecule has 0 aliphatic heterocycles. The molecule has 0 saturated heterocycles. The van der Waals surface area contributed by atoms with Gasteiger partial charge in [-0.2, -0.15) is 0 Å². The summed E-state index contributed by atoms with van der Waals surface area (Å²) in [5.74, 6) is 0. The van der Waals surface area contributed by atoms with E-state index in [1.165, 1.54) is 0 Å². The summed E-state index contributed by atoms with van der Waals surface area (Å²) in [6.45, 7) is 4.39. The number of H-pyrrole nitrogens is 1. The van der Waals surface area contributed by atoms with Gasteiger partial charge in [-0.25, -0.2) is 0 Å². The number of aliphatic hydroxyl groups excluding tert-OH is 1. The third-order valence-corrected chi connectivity index (χ3v) is 1.93. The molecule has 0 aliphatic rings. The fourth-order valence-electron chi connectivity index (χ4n) is 0.961. The summed E-state index contributed by atoms with van der Waals surface area (Å²) >= 11 is 5.06. The van der Waals surface area contributed by atoms with Crippen LogP contribution in [0, 0.1) is 4.64 Å². The van der Waals surface area contributed by atoms with E-state index in [-0.39, 0.29) is 6.61 Å². The zero-order chi connectivity index (χ0) is 9.68. The van der Waals surface area contributed by atoms with E-state index in [0.717, 1.165) is 11.3 Å². The molecule has 1 aromatic heterocycles. The number of pyridine rings is 1. The molecule has 1 aromatic rings. The average Bonchev–Trinajstić information content (AvgIpc) is 2.15. The van der Waals surface area contributed by atoms with Crippen molar-refractivity contribution in [3.05, 3.63) is 35.1 Å². The van der Waals surface area contributed by atoms with E-state index in [2.05, 4.69) is 16.9 Å². The van der Waals surface area contributed by atoms with Crippen LogP contribution in [0.25, 0.3) is 5.70 Å². The van der Waals surface area contributed by atoms with Crippen molar-refractivity contribution in [3.8, 4) is 0 Å². The van der Waals surface area contributed by atoms with Crippen LogP contribution in [0.1, 0.15) is 5.56 Å². The third kappa shape index (κ3) is 2.68. The molecule has 0 saturated carbocycles. The van der Waals surface area contributed by atoms with Crippen molar-refractivity contribution in [1.29, 1.82) is 0 Å². The zero-order valence-electron chi connectivity index (χ0n) is 7.21. The first-order chi connectivity index (χ1) is 6.25. The molecule has 0 unspecified atom stereocenters. The summed E-state index contributed by atoms with van der Waals surface area (Å²) in [6.07, 6.45) is 1.77. The van der Waals surface area contributed by atoms with Gasteiger partial charge >= 0.3 is 0 Å². The molecular formula is C9H12N2OS. The lowest BCUT2D eigenvalue weighted by Crippen LogP contribution is -2.16. The lowest BCUT2D eigenvalue weighted by Gasteiger charge is -2.07. The number of aromatic amines is 1. The van der Waals surface area contributed by atoms with Crippen molar-refractivity contribution in [2.24, 2.45) is 0 Å². The van der Waals surface area contributed by atoms with Crippen LogP contribution in [-0.4, -0.2) is 23.2 Å². The van der Waals surface area contributed by atoms with Gasteiger partial charge in [0.15, 0.2) is 0 Å². The first-order valence-corrected chi connectivity index (χ1v) is 4.38. The molecule has 3 N–H and O–H groups in total. The maximum absolute atomic E-state index is 8.59. The van der Waals surface area contributed by atoms with Crippen LogP contribution in [-0.2, 0) is 0 Å². The second-order valence-corrected chi connectivity index (χ2v) is 2.95. The maximum atomic E-state index is 8.59. The fourth-order valence-corrected chi connectivity index (χ4v) is 1.22. The number of aliphatic hydroxyl groups is 1. The molecule has 3 nitrogen and oxygen atoms in total. The normalized spacial score (nSPS) is 9.62. The molecule has 4 heteroatoms. The van der Waals surface area contributed by atoms with Gasteiger partial charge in [0.2, 0.25) is 0 Å². The number of aromatic nitrogens is 1. The predicted molar refractivity (Wildman–Crippen MR) is 55.7 cm³/mol. The molecule has 0 amide bonds. The van der Waals surface area contributed by atoms with Gasteiger partial charge in [0.05, 0.1) is 6.61 Å². The average molecular weight is 196 g/mol. The van der Waals surface area contributed by atoms with E-state index >= 15 is 0 Å². The summed E-state index contributed by atoms with van der Waals surface area (Å²) in [4.78, 5) is 2.91. The van der Waals surface area contributed by atoms with Crippen molar-refractivity contribution in [1.82, 2.24) is 10.3 Å². The molecule has 0 aliphatic carbocycles. The predicted octanol–water partition coefficient (Wildman–Crippen LogP) is 1.30. The van der Waals surface area contributed by atoms with Gasteiger partial charge in [-0.3, -0.25) is 0 Å². The van der Waals surface area contributed by atoms with E-state index < -0.39 is 0 Å². The largest absolute Gasteiger partial charge is 0.395 e. The van der Waals surface area contributed by atoms with Gasteiger partial charge in [-0.05, 0) is 12.1 Å². The Hall–Kier alpha value is -1.13. The van der Waals surface area contributed by atoms with Crippen LogP contribution < -0.4 is 5.32 Å². The van der Waals surface area contributed by atoms with E-state index in [9.17, 15) is 0 Å². The van der Waals surface area contributed by atoms with Crippen molar-refractivity contribution < 1.29 is 5.11 Å². The Labute approximate surface area is 82.1 Å². The van der Waals surface area contributed by atoms with Crippen LogP contribution in [0.4, 0.5) is 0 Å². The first-order valence-electron chi connectivity index (χ1n) is 3.97. The molecule has 1 heterocycles. The molecule has 0 radical (unpaired) electrons. The van der Waals surface area contributed by atoms with Crippen LogP contribution in [0.15, 0.2) is 24.9 Å². The Morgan fingerprint density at radius 3 is 3.08 bits per heavy atom. The standard InChI is InChI=1S/C9H12N2OS/c1-7(10-5-6-12)8-3-2-4-11-9(8)13/h2-4,10,12H,1,5-6H2,(H,11,13). The minimum Gasteiger partial charge on any atom is -0.395 e. The second kappa shape index (κ2) is 4.79. The molecule has 0 spiro atoms. The minimum atomic E-state index is 0.0856. The van der Waals surface area contributed by atoms with Gasteiger partial charge in [0.1, 0.15) is 4.64 Å². The Kier molecular flexibility index (Phi) is 3.67. The van der Waals surface area contributed by atoms with E-state index in [4.69, 9.17) is 17.3 Å². The van der Waals surface area contributed by atoms with Crippen molar-refractivity contribution >= 4 is 17.9 Å². The Balaban J connectivity index is 2.77.